The Hall–Kier alpha value is 0.951. The molecule has 20 heavy (non-hydrogen) atoms. The van der Waals surface area contributed by atoms with Crippen LogP contribution in [0.25, 0.3) is 0 Å². The van der Waals surface area contributed by atoms with E-state index in [1.54, 1.807) is 0 Å². The molecule has 0 saturated heterocycles. The van der Waals surface area contributed by atoms with E-state index >= 15 is 0 Å². The Morgan fingerprint density at radius 2 is 1.45 bits per heavy atom. The summed E-state index contributed by atoms with van der Waals surface area (Å²) in [6.07, 6.45) is 7.84. The van der Waals surface area contributed by atoms with Crippen LogP contribution in [-0.4, -0.2) is 6.66 Å². The first-order valence-corrected chi connectivity index (χ1v) is 21.7. The summed E-state index contributed by atoms with van der Waals surface area (Å²) in [6, 6.07) is 0. The minimum atomic E-state index is -4.70. The predicted octanol–water partition coefficient (Wildman–Crippen LogP) is 6.24. The van der Waals surface area contributed by atoms with Crippen LogP contribution in [0.4, 0.5) is 0 Å². The third-order valence-corrected chi connectivity index (χ3v) is 71.3. The van der Waals surface area contributed by atoms with Crippen LogP contribution in [0, 0.1) is 0 Å². The zero-order valence-electron chi connectivity index (χ0n) is 14.9. The average Bonchev–Trinajstić information content (AvgIpc) is 2.51. The SMILES string of the molecule is C[SiH](C)[Ti]([CH3])([CH3])([CH3])([CH3])([NH2])([C]1=CC=CC1)[C](C)(C)C.Cl.Cl. The Labute approximate surface area is 133 Å². The van der Waals surface area contributed by atoms with Crippen molar-refractivity contribution in [3.8, 4) is 0 Å². The molecule has 0 aromatic heterocycles. The van der Waals surface area contributed by atoms with Crippen LogP contribution in [0.15, 0.2) is 22.1 Å². The molecule has 1 aliphatic carbocycles. The van der Waals surface area contributed by atoms with Gasteiger partial charge in [-0.3, -0.25) is 0 Å². The predicted molar refractivity (Wildman–Crippen MR) is 103 cm³/mol. The van der Waals surface area contributed by atoms with E-state index in [1.807, 2.05) is 0 Å². The normalized spacial score (nSPS) is 23.4. The van der Waals surface area contributed by atoms with Crippen molar-refractivity contribution < 1.29 is 11.0 Å². The third-order valence-electron chi connectivity index (χ3n) is 10.0. The van der Waals surface area contributed by atoms with Gasteiger partial charge >= 0.3 is 109 Å². The number of rotatable bonds is 2. The molecule has 0 atom stereocenters. The number of allylic oxidation sites excluding steroid dienone is 4. The smallest absolute Gasteiger partial charge is 0.147 e. The van der Waals surface area contributed by atoms with Gasteiger partial charge in [-0.15, -0.1) is 24.8 Å². The molecule has 0 unspecified atom stereocenters. The summed E-state index contributed by atoms with van der Waals surface area (Å²) in [5.74, 6) is 0. The first-order valence-electron chi connectivity index (χ1n) is 7.45. The molecule has 0 amide bonds. The van der Waals surface area contributed by atoms with E-state index in [1.165, 1.54) is 3.88 Å². The largest absolute Gasteiger partial charge is 0.147 e. The number of nitrogens with two attached hydrogens (primary N) is 1. The van der Waals surface area contributed by atoms with Gasteiger partial charge in [0.15, 0.2) is 0 Å². The van der Waals surface area contributed by atoms with Gasteiger partial charge in [-0.05, 0) is 0 Å². The molecule has 0 heterocycles. The summed E-state index contributed by atoms with van der Waals surface area (Å²) in [5.41, 5.74) is 0. The molecule has 0 fully saturated rings. The number of hydrogen-bond donors (Lipinski definition) is 1. The van der Waals surface area contributed by atoms with E-state index < -0.39 is 17.6 Å². The van der Waals surface area contributed by atoms with Gasteiger partial charge in [-0.25, -0.2) is 0 Å². The molecule has 0 spiro atoms. The molecule has 1 aliphatic rings. The van der Waals surface area contributed by atoms with Crippen molar-refractivity contribution >= 4 is 31.5 Å². The van der Waals surface area contributed by atoms with Crippen molar-refractivity contribution in [2.24, 2.45) is 4.22 Å². The van der Waals surface area contributed by atoms with Gasteiger partial charge in [-0.2, -0.15) is 0 Å². The zero-order valence-corrected chi connectivity index (χ0v) is 19.3. The van der Waals surface area contributed by atoms with E-state index in [0.29, 0.717) is 0 Å². The maximum atomic E-state index is 7.82. The fraction of sp³-hybridized carbons (Fsp3) is 0.733. The minimum absolute atomic E-state index is 0. The molecule has 0 radical (unpaired) electrons. The summed E-state index contributed by atoms with van der Waals surface area (Å²) in [6.45, 7) is 10.8. The van der Waals surface area contributed by atoms with Gasteiger partial charge in [0.25, 0.3) is 0 Å². The fourth-order valence-electron chi connectivity index (χ4n) is 3.21. The van der Waals surface area contributed by atoms with Crippen molar-refractivity contribution in [3.63, 3.8) is 0 Å². The molecule has 1 rings (SSSR count). The second-order valence-electron chi connectivity index (χ2n) is 12.9. The molecule has 2 N–H and O–H groups in total. The van der Waals surface area contributed by atoms with Gasteiger partial charge in [0, 0.05) is 0 Å². The Balaban J connectivity index is 0. The first-order chi connectivity index (χ1) is 7.32. The van der Waals surface area contributed by atoms with Gasteiger partial charge < -0.3 is 0 Å². The Morgan fingerprint density at radius 3 is 1.65 bits per heavy atom. The molecular weight excluding hydrogens is 341 g/mol. The van der Waals surface area contributed by atoms with Crippen LogP contribution in [-0.2, 0) is 11.0 Å². The van der Waals surface area contributed by atoms with Gasteiger partial charge in [0.1, 0.15) is 0 Å². The Kier molecular flexibility index (Phi) is 4.12. The van der Waals surface area contributed by atoms with E-state index in [-0.39, 0.29) is 28.5 Å². The third kappa shape index (κ3) is 1.88. The number of halogens is 2. The summed E-state index contributed by atoms with van der Waals surface area (Å²) < 4.78 is 9.44. The topological polar surface area (TPSA) is 26.0 Å². The van der Waals surface area contributed by atoms with Crippen molar-refractivity contribution in [1.82, 2.24) is 0 Å². The molecule has 0 aromatic carbocycles. The van der Waals surface area contributed by atoms with Crippen LogP contribution in [0.3, 0.4) is 0 Å². The van der Waals surface area contributed by atoms with Crippen molar-refractivity contribution in [2.45, 2.75) is 64.9 Å². The molecular formula is C15H37Cl2NSiTi. The molecule has 0 aromatic rings. The summed E-state index contributed by atoms with van der Waals surface area (Å²) >= 11 is 0. The average molecular weight is 378 g/mol. The van der Waals surface area contributed by atoms with Crippen LogP contribution in [0.5, 0.6) is 0 Å². The van der Waals surface area contributed by atoms with Gasteiger partial charge in [0.05, 0.1) is 0 Å². The maximum Gasteiger partial charge on any atom is -0.147 e. The van der Waals surface area contributed by atoms with Crippen LogP contribution in [0.2, 0.25) is 37.7 Å². The van der Waals surface area contributed by atoms with E-state index in [4.69, 9.17) is 4.22 Å². The first kappa shape index (κ1) is 23.2. The molecule has 1 nitrogen and oxygen atoms in total. The van der Waals surface area contributed by atoms with Gasteiger partial charge in [0.2, 0.25) is 0 Å². The summed E-state index contributed by atoms with van der Waals surface area (Å²) in [5, 5.41) is 10.0. The zero-order chi connectivity index (χ0) is 14.8. The van der Waals surface area contributed by atoms with E-state index in [0.717, 1.165) is 6.42 Å². The van der Waals surface area contributed by atoms with Crippen LogP contribution in [0.1, 0.15) is 27.2 Å². The standard InChI is InChI=1S/C5H5.C4H9.C2H7Si.4CH3.2ClH.H2N.Ti/c1-2-4-5-3-1;1-4(2)3;1-3-2;;;;;;;;/h1-3H,4H2;1-3H3;3H,1-2H3;4*1H3;2*1H;1H2;/q;;;;;;;;;-1;+1. The second kappa shape index (κ2) is 3.55. The fourth-order valence-corrected chi connectivity index (χ4v) is 23.3. The van der Waals surface area contributed by atoms with Gasteiger partial charge in [-0.1, -0.05) is 0 Å². The summed E-state index contributed by atoms with van der Waals surface area (Å²) in [7, 11) is -4.70. The minimum Gasteiger partial charge on any atom is -0.147 e. The molecule has 0 bridgehead atoms. The Morgan fingerprint density at radius 1 is 1.05 bits per heavy atom. The number of hydrogen-bond acceptors (Lipinski definition) is 1. The van der Waals surface area contributed by atoms with Crippen LogP contribution >= 0.6 is 24.8 Å². The molecule has 124 valence electrons. The van der Waals surface area contributed by atoms with E-state index in [9.17, 15) is 0 Å². The molecule has 0 saturated carbocycles. The molecule has 0 aliphatic heterocycles. The van der Waals surface area contributed by atoms with Crippen molar-refractivity contribution in [1.29, 1.82) is 0 Å². The van der Waals surface area contributed by atoms with Crippen LogP contribution < -0.4 is 4.22 Å². The maximum absolute atomic E-state index is 7.82. The Bertz CT molecular complexity index is 515. The molecule has 5 heteroatoms. The van der Waals surface area contributed by atoms with E-state index in [2.05, 4.69) is 73.0 Å². The van der Waals surface area contributed by atoms with Crippen molar-refractivity contribution in [2.75, 3.05) is 0 Å². The quantitative estimate of drug-likeness (QED) is 0.566. The van der Waals surface area contributed by atoms with Crippen molar-refractivity contribution in [3.05, 3.63) is 22.1 Å². The monoisotopic (exact) mass is 377 g/mol. The summed E-state index contributed by atoms with van der Waals surface area (Å²) in [4.78, 5) is 0. The second-order valence-corrected chi connectivity index (χ2v) is 62.8.